The van der Waals surface area contributed by atoms with Crippen molar-refractivity contribution in [3.63, 3.8) is 0 Å². The standard InChI is InChI=1S/C25H23N3O3/c1-28-14-18(12-16-4-8-19(30-2)9-5-16)24-22(15-28)23(21(13-26)25(29)27-24)17-6-10-20(31-3)11-7-17/h4-12H,14-15H2,1-3H3,(H,27,29). The van der Waals surface area contributed by atoms with Gasteiger partial charge in [0.05, 0.1) is 19.9 Å². The molecule has 0 fully saturated rings. The predicted molar refractivity (Wildman–Crippen MR) is 121 cm³/mol. The van der Waals surface area contributed by atoms with E-state index in [1.165, 1.54) is 0 Å². The van der Waals surface area contributed by atoms with Gasteiger partial charge in [-0.3, -0.25) is 9.69 Å². The van der Waals surface area contributed by atoms with Crippen molar-refractivity contribution < 1.29 is 9.47 Å². The minimum Gasteiger partial charge on any atom is -0.497 e. The van der Waals surface area contributed by atoms with Gasteiger partial charge in [0.1, 0.15) is 23.1 Å². The molecule has 0 saturated heterocycles. The van der Waals surface area contributed by atoms with E-state index in [1.807, 2.05) is 55.6 Å². The predicted octanol–water partition coefficient (Wildman–Crippen LogP) is 3.92. The average Bonchev–Trinajstić information content (AvgIpc) is 2.79. The van der Waals surface area contributed by atoms with Crippen LogP contribution in [0.15, 0.2) is 53.3 Å². The number of nitriles is 1. The van der Waals surface area contributed by atoms with Crippen molar-refractivity contribution in [3.05, 3.63) is 81.3 Å². The summed E-state index contributed by atoms with van der Waals surface area (Å²) in [6, 6.07) is 17.3. The van der Waals surface area contributed by atoms with Crippen LogP contribution in [0.5, 0.6) is 11.5 Å². The third kappa shape index (κ3) is 3.96. The molecule has 156 valence electrons. The molecule has 6 nitrogen and oxygen atoms in total. The summed E-state index contributed by atoms with van der Waals surface area (Å²) in [5.74, 6) is 1.51. The van der Waals surface area contributed by atoms with Crippen LogP contribution in [-0.2, 0) is 6.54 Å². The highest BCUT2D eigenvalue weighted by Gasteiger charge is 2.26. The molecule has 1 aliphatic heterocycles. The number of methoxy groups -OCH3 is 2. The molecule has 0 aliphatic carbocycles. The largest absolute Gasteiger partial charge is 0.497 e. The van der Waals surface area contributed by atoms with E-state index < -0.39 is 0 Å². The van der Waals surface area contributed by atoms with Gasteiger partial charge in [0.25, 0.3) is 5.56 Å². The quantitative estimate of drug-likeness (QED) is 0.702. The highest BCUT2D eigenvalue weighted by molar-refractivity contribution is 5.87. The van der Waals surface area contributed by atoms with E-state index in [0.29, 0.717) is 18.7 Å². The van der Waals surface area contributed by atoms with E-state index in [1.54, 1.807) is 14.2 Å². The fourth-order valence-corrected chi connectivity index (χ4v) is 3.97. The Morgan fingerprint density at radius 2 is 1.61 bits per heavy atom. The Kier molecular flexibility index (Phi) is 5.61. The summed E-state index contributed by atoms with van der Waals surface area (Å²) >= 11 is 0. The molecule has 0 saturated carbocycles. The number of fused-ring (bicyclic) bond motifs is 1. The first-order valence-corrected chi connectivity index (χ1v) is 9.91. The zero-order valence-electron chi connectivity index (χ0n) is 17.7. The van der Waals surface area contributed by atoms with Crippen molar-refractivity contribution in [1.29, 1.82) is 5.26 Å². The second-order valence-corrected chi connectivity index (χ2v) is 7.51. The molecule has 2 aromatic carbocycles. The molecule has 0 unspecified atom stereocenters. The van der Waals surface area contributed by atoms with Crippen LogP contribution in [0.25, 0.3) is 22.8 Å². The van der Waals surface area contributed by atoms with Gasteiger partial charge >= 0.3 is 0 Å². The van der Waals surface area contributed by atoms with E-state index in [2.05, 4.69) is 22.0 Å². The number of pyridine rings is 1. The molecule has 0 bridgehead atoms. The zero-order chi connectivity index (χ0) is 22.0. The first-order valence-electron chi connectivity index (χ1n) is 9.91. The highest BCUT2D eigenvalue weighted by Crippen LogP contribution is 2.35. The molecule has 0 atom stereocenters. The fourth-order valence-electron chi connectivity index (χ4n) is 3.97. The summed E-state index contributed by atoms with van der Waals surface area (Å²) in [5, 5.41) is 9.74. The van der Waals surface area contributed by atoms with E-state index in [0.717, 1.165) is 39.5 Å². The molecule has 2 heterocycles. The molecule has 6 heteroatoms. The lowest BCUT2D eigenvalue weighted by atomic mass is 9.89. The number of aromatic nitrogens is 1. The Morgan fingerprint density at radius 1 is 1.00 bits per heavy atom. The normalized spacial score (nSPS) is 14.7. The summed E-state index contributed by atoms with van der Waals surface area (Å²) in [4.78, 5) is 18.0. The monoisotopic (exact) mass is 413 g/mol. The molecule has 0 amide bonds. The Labute approximate surface area is 181 Å². The first-order chi connectivity index (χ1) is 15.0. The van der Waals surface area contributed by atoms with Gasteiger partial charge in [-0.15, -0.1) is 0 Å². The maximum Gasteiger partial charge on any atom is 0.266 e. The zero-order valence-corrected chi connectivity index (χ0v) is 17.7. The van der Waals surface area contributed by atoms with Crippen molar-refractivity contribution in [2.24, 2.45) is 0 Å². The maximum absolute atomic E-state index is 12.8. The van der Waals surface area contributed by atoms with Crippen LogP contribution >= 0.6 is 0 Å². The molecule has 1 aliphatic rings. The van der Waals surface area contributed by atoms with Crippen LogP contribution in [0.3, 0.4) is 0 Å². The molecular weight excluding hydrogens is 390 g/mol. The Morgan fingerprint density at radius 3 is 2.19 bits per heavy atom. The number of H-pyrrole nitrogens is 1. The topological polar surface area (TPSA) is 78.4 Å². The number of ether oxygens (including phenoxy) is 2. The van der Waals surface area contributed by atoms with Crippen LogP contribution in [0.2, 0.25) is 0 Å². The van der Waals surface area contributed by atoms with Crippen LogP contribution in [0.4, 0.5) is 0 Å². The third-order valence-electron chi connectivity index (χ3n) is 5.46. The number of rotatable bonds is 4. The maximum atomic E-state index is 12.8. The van der Waals surface area contributed by atoms with Crippen molar-refractivity contribution in [2.75, 3.05) is 27.8 Å². The minimum atomic E-state index is -0.378. The molecule has 1 N–H and O–H groups in total. The lowest BCUT2D eigenvalue weighted by Gasteiger charge is -2.29. The molecule has 31 heavy (non-hydrogen) atoms. The molecule has 0 radical (unpaired) electrons. The van der Waals surface area contributed by atoms with Gasteiger partial charge in [-0.1, -0.05) is 24.3 Å². The Balaban J connectivity index is 1.91. The van der Waals surface area contributed by atoms with E-state index in [4.69, 9.17) is 9.47 Å². The molecular formula is C25H23N3O3. The number of hydrogen-bond acceptors (Lipinski definition) is 5. The molecule has 1 aromatic heterocycles. The number of nitrogens with zero attached hydrogens (tertiary/aromatic N) is 2. The SMILES string of the molecule is COc1ccc(C=C2CN(C)Cc3c2[nH]c(=O)c(C#N)c3-c2ccc(OC)cc2)cc1. The second-order valence-electron chi connectivity index (χ2n) is 7.51. The van der Waals surface area contributed by atoms with E-state index in [9.17, 15) is 10.1 Å². The van der Waals surface area contributed by atoms with Gasteiger partial charge in [-0.25, -0.2) is 0 Å². The van der Waals surface area contributed by atoms with Crippen LogP contribution in [0.1, 0.15) is 22.4 Å². The fraction of sp³-hybridized carbons (Fsp3) is 0.200. The van der Waals surface area contributed by atoms with Crippen LogP contribution in [-0.4, -0.2) is 37.7 Å². The van der Waals surface area contributed by atoms with Crippen molar-refractivity contribution in [1.82, 2.24) is 9.88 Å². The summed E-state index contributed by atoms with van der Waals surface area (Å²) in [6.45, 7) is 1.31. The van der Waals surface area contributed by atoms with Crippen molar-refractivity contribution in [2.45, 2.75) is 6.54 Å². The van der Waals surface area contributed by atoms with Crippen LogP contribution in [0, 0.1) is 11.3 Å². The van der Waals surface area contributed by atoms with Gasteiger partial charge in [-0.05, 0) is 59.7 Å². The van der Waals surface area contributed by atoms with Gasteiger partial charge < -0.3 is 14.5 Å². The summed E-state index contributed by atoms with van der Waals surface area (Å²) in [7, 11) is 5.27. The van der Waals surface area contributed by atoms with Gasteiger partial charge in [-0.2, -0.15) is 5.26 Å². The number of hydrogen-bond donors (Lipinski definition) is 1. The minimum absolute atomic E-state index is 0.128. The number of nitrogens with one attached hydrogen (secondary N) is 1. The highest BCUT2D eigenvalue weighted by atomic mass is 16.5. The number of aromatic amines is 1. The van der Waals surface area contributed by atoms with Crippen molar-refractivity contribution >= 4 is 11.6 Å². The Hall–Kier alpha value is -3.82. The molecule has 3 aromatic rings. The first kappa shape index (κ1) is 20.5. The second kappa shape index (κ2) is 8.50. The van der Waals surface area contributed by atoms with Crippen molar-refractivity contribution in [3.8, 4) is 28.7 Å². The summed E-state index contributed by atoms with van der Waals surface area (Å²) < 4.78 is 10.5. The van der Waals surface area contributed by atoms with Gasteiger partial charge in [0.15, 0.2) is 0 Å². The van der Waals surface area contributed by atoms with Crippen LogP contribution < -0.4 is 15.0 Å². The van der Waals surface area contributed by atoms with Gasteiger partial charge in [0.2, 0.25) is 0 Å². The lowest BCUT2D eigenvalue weighted by molar-refractivity contribution is 0.358. The number of likely N-dealkylation sites (N-methyl/N-ethyl adjacent to an activating group) is 1. The van der Waals surface area contributed by atoms with E-state index in [-0.39, 0.29) is 11.1 Å². The average molecular weight is 413 g/mol. The number of benzene rings is 2. The van der Waals surface area contributed by atoms with E-state index >= 15 is 0 Å². The lowest BCUT2D eigenvalue weighted by Crippen LogP contribution is -2.30. The Bertz CT molecular complexity index is 1230. The summed E-state index contributed by atoms with van der Waals surface area (Å²) in [5.41, 5.74) is 4.97. The molecule has 0 spiro atoms. The van der Waals surface area contributed by atoms with Gasteiger partial charge in [0, 0.05) is 18.7 Å². The molecule has 4 rings (SSSR count). The smallest absolute Gasteiger partial charge is 0.266 e. The summed E-state index contributed by atoms with van der Waals surface area (Å²) in [6.07, 6.45) is 2.06. The third-order valence-corrected chi connectivity index (χ3v) is 5.46.